The highest BCUT2D eigenvalue weighted by Crippen LogP contribution is 2.60. The van der Waals surface area contributed by atoms with Crippen LogP contribution >= 0.6 is 28.6 Å². The van der Waals surface area contributed by atoms with Crippen LogP contribution in [0.15, 0.2) is 79.0 Å². The summed E-state index contributed by atoms with van der Waals surface area (Å²) < 4.78 is 19.3. The van der Waals surface area contributed by atoms with Crippen molar-refractivity contribution in [3.63, 3.8) is 0 Å². The fraction of sp³-hybridized carbons (Fsp3) is 0. The van der Waals surface area contributed by atoms with Gasteiger partial charge in [0.25, 0.3) is 0 Å². The van der Waals surface area contributed by atoms with Crippen LogP contribution in [0.5, 0.6) is 5.75 Å². The molecule has 0 aliphatic rings. The summed E-state index contributed by atoms with van der Waals surface area (Å²) in [5.74, 6) is 0.344. The minimum Gasteiger partial charge on any atom is -0.419 e. The molecular formula is C19H13Cl2N2O2P. The number of nitrogens with zero attached hydrogens (tertiary/aromatic N) is 2. The number of benzene rings is 2. The second-order valence-corrected chi connectivity index (χ2v) is 9.81. The van der Waals surface area contributed by atoms with E-state index in [0.29, 0.717) is 11.3 Å². The molecule has 0 radical (unpaired) electrons. The second kappa shape index (κ2) is 6.81. The Labute approximate surface area is 160 Å². The quantitative estimate of drug-likeness (QED) is 0.359. The van der Waals surface area contributed by atoms with Gasteiger partial charge in [-0.25, -0.2) is 9.08 Å². The van der Waals surface area contributed by atoms with Crippen molar-refractivity contribution in [2.75, 3.05) is 0 Å². The first-order chi connectivity index (χ1) is 12.5. The van der Waals surface area contributed by atoms with Crippen molar-refractivity contribution < 1.29 is 9.09 Å². The SMILES string of the molecule is O=P(Cl)(Cl)Oc1c(-c2ccccc2)c(-c2ccccc2)n2ncccc12. The highest BCUT2D eigenvalue weighted by Gasteiger charge is 2.27. The van der Waals surface area contributed by atoms with E-state index in [9.17, 15) is 4.57 Å². The van der Waals surface area contributed by atoms with Crippen LogP contribution in [0.4, 0.5) is 0 Å². The normalized spacial score (nSPS) is 11.6. The van der Waals surface area contributed by atoms with Crippen LogP contribution in [0.1, 0.15) is 0 Å². The Morgan fingerprint density at radius 1 is 0.846 bits per heavy atom. The molecular weight excluding hydrogens is 390 g/mol. The van der Waals surface area contributed by atoms with Gasteiger partial charge in [0.1, 0.15) is 5.52 Å². The number of hydrogen-bond acceptors (Lipinski definition) is 3. The van der Waals surface area contributed by atoms with Gasteiger partial charge in [0, 0.05) is 34.2 Å². The van der Waals surface area contributed by atoms with Crippen LogP contribution in [-0.2, 0) is 4.57 Å². The third-order valence-corrected chi connectivity index (χ3v) is 4.78. The standard InChI is InChI=1S/C19H13Cl2N2O2P/c20-26(21,24)25-19-16-12-7-13-22-23(16)18(15-10-5-2-6-11-15)17(19)14-8-3-1-4-9-14/h1-13H. The highest BCUT2D eigenvalue weighted by molar-refractivity contribution is 8.05. The predicted octanol–water partition coefficient (Wildman–Crippen LogP) is 6.63. The van der Waals surface area contributed by atoms with Crippen molar-refractivity contribution in [2.45, 2.75) is 0 Å². The van der Waals surface area contributed by atoms with Crippen LogP contribution in [0.3, 0.4) is 0 Å². The smallest absolute Gasteiger partial charge is 0.419 e. The van der Waals surface area contributed by atoms with Gasteiger partial charge < -0.3 is 4.52 Å². The van der Waals surface area contributed by atoms with Crippen molar-refractivity contribution in [3.05, 3.63) is 79.0 Å². The maximum Gasteiger partial charge on any atom is 0.428 e. The van der Waals surface area contributed by atoms with Gasteiger partial charge in [-0.2, -0.15) is 5.10 Å². The van der Waals surface area contributed by atoms with Gasteiger partial charge in [-0.15, -0.1) is 0 Å². The van der Waals surface area contributed by atoms with Crippen LogP contribution in [0.2, 0.25) is 0 Å². The zero-order valence-electron chi connectivity index (χ0n) is 13.4. The lowest BCUT2D eigenvalue weighted by Gasteiger charge is -2.10. The van der Waals surface area contributed by atoms with Crippen LogP contribution < -0.4 is 4.52 Å². The average Bonchev–Trinajstić information content (AvgIpc) is 2.96. The summed E-state index contributed by atoms with van der Waals surface area (Å²) in [6, 6.07) is 23.1. The van der Waals surface area contributed by atoms with E-state index in [1.165, 1.54) is 0 Å². The summed E-state index contributed by atoms with van der Waals surface area (Å²) in [5.41, 5.74) is 4.00. The third-order valence-electron chi connectivity index (χ3n) is 3.97. The van der Waals surface area contributed by atoms with Crippen LogP contribution in [0, 0.1) is 0 Å². The summed E-state index contributed by atoms with van der Waals surface area (Å²) in [6.45, 7) is 0. The molecule has 4 rings (SSSR count). The molecule has 130 valence electrons. The Bertz CT molecular complexity index is 1110. The molecule has 2 heterocycles. The fourth-order valence-electron chi connectivity index (χ4n) is 3.00. The Morgan fingerprint density at radius 3 is 2.08 bits per heavy atom. The van der Waals surface area contributed by atoms with Gasteiger partial charge in [0.15, 0.2) is 5.75 Å². The number of rotatable bonds is 4. The Morgan fingerprint density at radius 2 is 1.46 bits per heavy atom. The number of halogens is 2. The van der Waals surface area contributed by atoms with E-state index < -0.39 is 6.07 Å². The molecule has 0 amide bonds. The van der Waals surface area contributed by atoms with Gasteiger partial charge in [-0.1, -0.05) is 60.7 Å². The summed E-state index contributed by atoms with van der Waals surface area (Å²) in [5, 5.41) is 4.46. The number of fused-ring (bicyclic) bond motifs is 1. The predicted molar refractivity (Wildman–Crippen MR) is 106 cm³/mol. The Balaban J connectivity index is 2.13. The van der Waals surface area contributed by atoms with Crippen LogP contribution in [-0.4, -0.2) is 9.61 Å². The fourth-order valence-corrected chi connectivity index (χ4v) is 3.81. The zero-order chi connectivity index (χ0) is 18.1. The molecule has 0 unspecified atom stereocenters. The van der Waals surface area contributed by atoms with Crippen molar-refractivity contribution in [1.82, 2.24) is 9.61 Å². The van der Waals surface area contributed by atoms with Crippen molar-refractivity contribution in [3.8, 4) is 28.1 Å². The Hall–Kier alpha value is -2.26. The summed E-state index contributed by atoms with van der Waals surface area (Å²) >= 11 is 11.5. The van der Waals surface area contributed by atoms with Crippen molar-refractivity contribution in [2.24, 2.45) is 0 Å². The van der Waals surface area contributed by atoms with Gasteiger partial charge in [-0.3, -0.25) is 0 Å². The van der Waals surface area contributed by atoms with E-state index in [2.05, 4.69) is 5.10 Å². The van der Waals surface area contributed by atoms with E-state index in [-0.39, 0.29) is 0 Å². The maximum atomic E-state index is 12.0. The van der Waals surface area contributed by atoms with E-state index in [4.69, 9.17) is 27.0 Å². The molecule has 0 atom stereocenters. The molecule has 26 heavy (non-hydrogen) atoms. The first-order valence-electron chi connectivity index (χ1n) is 7.84. The topological polar surface area (TPSA) is 43.6 Å². The van der Waals surface area contributed by atoms with Crippen molar-refractivity contribution >= 4 is 34.1 Å². The van der Waals surface area contributed by atoms with E-state index >= 15 is 0 Å². The number of hydrogen-bond donors (Lipinski definition) is 0. The monoisotopic (exact) mass is 402 g/mol. The third kappa shape index (κ3) is 3.24. The summed E-state index contributed by atoms with van der Waals surface area (Å²) in [7, 11) is 0. The first-order valence-corrected chi connectivity index (χ1v) is 11.3. The molecule has 0 aliphatic carbocycles. The molecule has 0 bridgehead atoms. The lowest BCUT2D eigenvalue weighted by Crippen LogP contribution is -1.93. The zero-order valence-corrected chi connectivity index (χ0v) is 15.8. The molecule has 2 aromatic heterocycles. The summed E-state index contributed by atoms with van der Waals surface area (Å²) in [6.07, 6.45) is -2.13. The maximum absolute atomic E-state index is 12.0. The molecule has 0 aliphatic heterocycles. The average molecular weight is 403 g/mol. The minimum atomic E-state index is -3.81. The largest absolute Gasteiger partial charge is 0.428 e. The molecule has 0 saturated heterocycles. The van der Waals surface area contributed by atoms with Gasteiger partial charge in [0.05, 0.1) is 11.3 Å². The number of aromatic nitrogens is 2. The molecule has 4 aromatic rings. The lowest BCUT2D eigenvalue weighted by atomic mass is 10.0. The van der Waals surface area contributed by atoms with E-state index in [1.54, 1.807) is 16.8 Å². The molecule has 4 nitrogen and oxygen atoms in total. The van der Waals surface area contributed by atoms with Gasteiger partial charge in [0.2, 0.25) is 0 Å². The molecule has 0 N–H and O–H groups in total. The molecule has 7 heteroatoms. The van der Waals surface area contributed by atoms with Crippen LogP contribution in [0.25, 0.3) is 27.9 Å². The first kappa shape index (κ1) is 17.2. The lowest BCUT2D eigenvalue weighted by molar-refractivity contribution is 0.516. The molecule has 0 spiro atoms. The van der Waals surface area contributed by atoms with Gasteiger partial charge in [-0.05, 0) is 17.7 Å². The van der Waals surface area contributed by atoms with E-state index in [0.717, 1.165) is 22.4 Å². The molecule has 0 fully saturated rings. The van der Waals surface area contributed by atoms with Gasteiger partial charge >= 0.3 is 6.07 Å². The Kier molecular flexibility index (Phi) is 4.49. The van der Waals surface area contributed by atoms with Crippen molar-refractivity contribution in [1.29, 1.82) is 0 Å². The summed E-state index contributed by atoms with van der Waals surface area (Å²) in [4.78, 5) is 0. The highest BCUT2D eigenvalue weighted by atomic mass is 35.9. The minimum absolute atomic E-state index is 0.344. The van der Waals surface area contributed by atoms with E-state index in [1.807, 2.05) is 66.7 Å². The second-order valence-electron chi connectivity index (χ2n) is 5.61. The molecule has 0 saturated carbocycles. The molecule has 2 aromatic carbocycles.